The number of carboxylic acid groups (broad SMARTS) is 1. The van der Waals surface area contributed by atoms with E-state index in [1.807, 2.05) is 48.5 Å². The van der Waals surface area contributed by atoms with Crippen LogP contribution >= 0.6 is 0 Å². The second-order valence-corrected chi connectivity index (χ2v) is 9.09. The fourth-order valence-electron chi connectivity index (χ4n) is 4.22. The summed E-state index contributed by atoms with van der Waals surface area (Å²) in [6, 6.07) is 25.4. The van der Waals surface area contributed by atoms with Crippen molar-refractivity contribution in [3.8, 4) is 34.0 Å². The molecule has 0 spiro atoms. The Morgan fingerprint density at radius 3 is 1.88 bits per heavy atom. The highest BCUT2D eigenvalue weighted by atomic mass is 16.5. The molecule has 0 saturated carbocycles. The number of carboxylic acids is 1. The Morgan fingerprint density at radius 1 is 0.714 bits per heavy atom. The highest BCUT2D eigenvalue weighted by molar-refractivity contribution is 5.98. The zero-order valence-corrected chi connectivity index (χ0v) is 22.7. The van der Waals surface area contributed by atoms with Crippen LogP contribution in [0.2, 0.25) is 0 Å². The Morgan fingerprint density at radius 2 is 1.31 bits per heavy atom. The van der Waals surface area contributed by atoms with Crippen molar-refractivity contribution >= 4 is 34.6 Å². The van der Waals surface area contributed by atoms with Crippen LogP contribution in [0.15, 0.2) is 91.0 Å². The first-order valence-corrected chi connectivity index (χ1v) is 12.8. The van der Waals surface area contributed by atoms with Crippen molar-refractivity contribution < 1.29 is 33.7 Å². The first kappa shape index (κ1) is 27.8. The molecule has 210 valence electrons. The van der Waals surface area contributed by atoms with Crippen LogP contribution in [-0.4, -0.2) is 53.7 Å². The lowest BCUT2D eigenvalue weighted by atomic mass is 10.0. The van der Waals surface area contributed by atoms with Gasteiger partial charge in [-0.25, -0.2) is 19.6 Å². The second-order valence-electron chi connectivity index (χ2n) is 9.09. The summed E-state index contributed by atoms with van der Waals surface area (Å²) in [5.74, 6) is -1.05. The van der Waals surface area contributed by atoms with Crippen molar-refractivity contribution in [1.29, 1.82) is 0 Å². The van der Waals surface area contributed by atoms with Crippen molar-refractivity contribution in [2.75, 3.05) is 26.1 Å². The summed E-state index contributed by atoms with van der Waals surface area (Å²) >= 11 is 0. The number of ether oxygens (including phenoxy) is 3. The van der Waals surface area contributed by atoms with Crippen molar-refractivity contribution in [1.82, 2.24) is 9.97 Å². The highest BCUT2D eigenvalue weighted by Crippen LogP contribution is 2.33. The molecular weight excluding hydrogens is 538 g/mol. The van der Waals surface area contributed by atoms with E-state index >= 15 is 0 Å². The monoisotopic (exact) mass is 563 g/mol. The number of nitrogens with one attached hydrogen (secondary N) is 1. The molecule has 0 saturated heterocycles. The van der Waals surface area contributed by atoms with Crippen LogP contribution in [0, 0.1) is 0 Å². The fraction of sp³-hybridized carbons (Fsp3) is 0.0938. The smallest absolute Gasteiger partial charge is 0.338 e. The topological polar surface area (TPSA) is 137 Å². The van der Waals surface area contributed by atoms with Crippen LogP contribution in [0.1, 0.15) is 20.7 Å². The summed E-state index contributed by atoms with van der Waals surface area (Å²) in [5.41, 5.74) is 4.38. The number of rotatable bonds is 9. The summed E-state index contributed by atoms with van der Waals surface area (Å²) in [6.07, 6.45) is 0. The predicted octanol–water partition coefficient (Wildman–Crippen LogP) is 5.47. The van der Waals surface area contributed by atoms with E-state index in [-0.39, 0.29) is 16.8 Å². The summed E-state index contributed by atoms with van der Waals surface area (Å²) < 4.78 is 15.8. The molecule has 0 atom stereocenters. The quantitative estimate of drug-likeness (QED) is 0.224. The van der Waals surface area contributed by atoms with Gasteiger partial charge in [-0.1, -0.05) is 6.07 Å². The first-order chi connectivity index (χ1) is 20.3. The number of methoxy groups -OCH3 is 2. The zero-order valence-electron chi connectivity index (χ0n) is 22.7. The molecule has 1 amide bonds. The maximum Gasteiger partial charge on any atom is 0.338 e. The SMILES string of the molecule is COc1ccc(-c2nc3ccc(C(=O)OCC(=O)Nc4cccc(C(=O)O)c4)cc3nc2-c2ccc(OC)cc2)cc1. The maximum atomic E-state index is 12.8. The third-order valence-corrected chi connectivity index (χ3v) is 6.35. The van der Waals surface area contributed by atoms with E-state index in [1.165, 1.54) is 24.3 Å². The van der Waals surface area contributed by atoms with Gasteiger partial charge in [-0.05, 0) is 84.9 Å². The van der Waals surface area contributed by atoms with E-state index in [2.05, 4.69) is 5.32 Å². The van der Waals surface area contributed by atoms with E-state index < -0.39 is 24.5 Å². The average molecular weight is 564 g/mol. The molecule has 1 heterocycles. The molecular formula is C32H25N3O7. The molecule has 2 N–H and O–H groups in total. The van der Waals surface area contributed by atoms with Crippen LogP contribution in [0.4, 0.5) is 5.69 Å². The van der Waals surface area contributed by atoms with Gasteiger partial charge in [-0.2, -0.15) is 0 Å². The van der Waals surface area contributed by atoms with Crippen LogP contribution in [0.3, 0.4) is 0 Å². The third kappa shape index (κ3) is 6.18. The number of carbonyl (C=O) groups excluding carboxylic acids is 2. The summed E-state index contributed by atoms with van der Waals surface area (Å²) in [6.45, 7) is -0.562. The van der Waals surface area contributed by atoms with Crippen LogP contribution < -0.4 is 14.8 Å². The predicted molar refractivity (Wildman–Crippen MR) is 156 cm³/mol. The summed E-state index contributed by atoms with van der Waals surface area (Å²) in [5, 5.41) is 11.6. The van der Waals surface area contributed by atoms with Gasteiger partial charge in [-0.15, -0.1) is 0 Å². The number of anilines is 1. The van der Waals surface area contributed by atoms with Gasteiger partial charge in [0.05, 0.1) is 47.8 Å². The van der Waals surface area contributed by atoms with E-state index in [0.717, 1.165) is 11.1 Å². The summed E-state index contributed by atoms with van der Waals surface area (Å²) in [4.78, 5) is 46.0. The van der Waals surface area contributed by atoms with Crippen molar-refractivity contribution in [2.24, 2.45) is 0 Å². The minimum atomic E-state index is -1.12. The van der Waals surface area contributed by atoms with Gasteiger partial charge in [0.1, 0.15) is 11.5 Å². The largest absolute Gasteiger partial charge is 0.497 e. The standard InChI is InChI=1S/C32H25N3O7/c1-40-24-11-6-19(7-12-24)29-30(20-8-13-25(41-2)14-9-20)35-27-17-22(10-15-26(27)34-29)32(39)42-18-28(36)33-23-5-3-4-21(16-23)31(37)38/h3-17H,18H2,1-2H3,(H,33,36)(H,37,38). The lowest BCUT2D eigenvalue weighted by Crippen LogP contribution is -2.21. The minimum absolute atomic E-state index is 0.0197. The number of carbonyl (C=O) groups is 3. The van der Waals surface area contributed by atoms with Crippen molar-refractivity contribution in [3.05, 3.63) is 102 Å². The number of esters is 1. The normalized spacial score (nSPS) is 10.6. The van der Waals surface area contributed by atoms with Crippen molar-refractivity contribution in [2.45, 2.75) is 0 Å². The zero-order chi connectivity index (χ0) is 29.6. The van der Waals surface area contributed by atoms with Gasteiger partial charge in [0, 0.05) is 16.8 Å². The molecule has 0 aliphatic heterocycles. The Labute approximate surface area is 240 Å². The second kappa shape index (κ2) is 12.2. The van der Waals surface area contributed by atoms with E-state index in [0.29, 0.717) is 33.9 Å². The van der Waals surface area contributed by atoms with E-state index in [9.17, 15) is 14.4 Å². The van der Waals surface area contributed by atoms with Gasteiger partial charge in [0.2, 0.25) is 0 Å². The molecule has 42 heavy (non-hydrogen) atoms. The van der Waals surface area contributed by atoms with Gasteiger partial charge in [0.25, 0.3) is 5.91 Å². The minimum Gasteiger partial charge on any atom is -0.497 e. The molecule has 10 nitrogen and oxygen atoms in total. The number of aromatic nitrogens is 2. The van der Waals surface area contributed by atoms with Gasteiger partial charge >= 0.3 is 11.9 Å². The number of fused-ring (bicyclic) bond motifs is 1. The van der Waals surface area contributed by atoms with E-state index in [1.54, 1.807) is 32.4 Å². The molecule has 4 aromatic carbocycles. The number of nitrogens with zero attached hydrogens (tertiary/aromatic N) is 2. The lowest BCUT2D eigenvalue weighted by molar-refractivity contribution is -0.119. The molecule has 0 unspecified atom stereocenters. The molecule has 0 aliphatic carbocycles. The number of aromatic carboxylic acids is 1. The van der Waals surface area contributed by atoms with Crippen LogP contribution in [-0.2, 0) is 9.53 Å². The molecule has 10 heteroatoms. The highest BCUT2D eigenvalue weighted by Gasteiger charge is 2.17. The Hall–Kier alpha value is -5.77. The van der Waals surface area contributed by atoms with Gasteiger partial charge in [0.15, 0.2) is 6.61 Å². The average Bonchev–Trinajstić information content (AvgIpc) is 3.03. The maximum absolute atomic E-state index is 12.8. The van der Waals surface area contributed by atoms with E-state index in [4.69, 9.17) is 29.3 Å². The van der Waals surface area contributed by atoms with Crippen molar-refractivity contribution in [3.63, 3.8) is 0 Å². The van der Waals surface area contributed by atoms with Crippen LogP contribution in [0.25, 0.3) is 33.5 Å². The Bertz CT molecular complexity index is 1790. The number of hydrogen-bond acceptors (Lipinski definition) is 8. The molecule has 0 aliphatic rings. The van der Waals surface area contributed by atoms with Gasteiger partial charge in [-0.3, -0.25) is 4.79 Å². The molecule has 5 aromatic rings. The summed E-state index contributed by atoms with van der Waals surface area (Å²) in [7, 11) is 3.19. The molecule has 0 bridgehead atoms. The molecule has 0 fully saturated rings. The Balaban J connectivity index is 1.40. The van der Waals surface area contributed by atoms with Gasteiger partial charge < -0.3 is 24.6 Å². The first-order valence-electron chi connectivity index (χ1n) is 12.8. The fourth-order valence-corrected chi connectivity index (χ4v) is 4.22. The lowest BCUT2D eigenvalue weighted by Gasteiger charge is -2.12. The molecule has 0 radical (unpaired) electrons. The molecule has 1 aromatic heterocycles. The Kier molecular flexibility index (Phi) is 8.05. The number of hydrogen-bond donors (Lipinski definition) is 2. The number of benzene rings is 4. The molecule has 5 rings (SSSR count). The van der Waals surface area contributed by atoms with Crippen LogP contribution in [0.5, 0.6) is 11.5 Å². The number of amides is 1. The third-order valence-electron chi connectivity index (χ3n) is 6.35.